The van der Waals surface area contributed by atoms with Crippen LogP contribution in [0, 0.1) is 12.3 Å². The molecule has 2 amide bonds. The van der Waals surface area contributed by atoms with E-state index in [0.717, 1.165) is 16.9 Å². The molecule has 5 nitrogen and oxygen atoms in total. The molecule has 0 saturated heterocycles. The SMILES string of the molecule is COc1cc(C)ccc1CNC(=O)NC(CO)CC(C)(C)C. The number of aliphatic hydroxyl groups is 1. The Labute approximate surface area is 133 Å². The van der Waals surface area contributed by atoms with Crippen molar-refractivity contribution in [1.29, 1.82) is 0 Å². The molecule has 0 aliphatic heterocycles. The van der Waals surface area contributed by atoms with Crippen molar-refractivity contribution in [2.45, 2.75) is 46.7 Å². The lowest BCUT2D eigenvalue weighted by atomic mass is 9.88. The van der Waals surface area contributed by atoms with Gasteiger partial charge < -0.3 is 20.5 Å². The van der Waals surface area contributed by atoms with Crippen LogP contribution in [0.2, 0.25) is 0 Å². The van der Waals surface area contributed by atoms with Crippen LogP contribution in [0.5, 0.6) is 5.75 Å². The van der Waals surface area contributed by atoms with Gasteiger partial charge in [0.15, 0.2) is 0 Å². The molecule has 1 rings (SSSR count). The molecular weight excluding hydrogens is 280 g/mol. The topological polar surface area (TPSA) is 70.6 Å². The number of aliphatic hydroxyl groups excluding tert-OH is 1. The van der Waals surface area contributed by atoms with Crippen LogP contribution in [0.25, 0.3) is 0 Å². The lowest BCUT2D eigenvalue weighted by Gasteiger charge is -2.25. The van der Waals surface area contributed by atoms with Crippen LogP contribution in [-0.2, 0) is 6.54 Å². The lowest BCUT2D eigenvalue weighted by Crippen LogP contribution is -2.45. The van der Waals surface area contributed by atoms with Crippen molar-refractivity contribution in [3.8, 4) is 5.75 Å². The average Bonchev–Trinajstić information content (AvgIpc) is 2.43. The second kappa shape index (κ2) is 8.03. The minimum atomic E-state index is -0.286. The first kappa shape index (κ1) is 18.3. The van der Waals surface area contributed by atoms with Crippen molar-refractivity contribution >= 4 is 6.03 Å². The Bertz CT molecular complexity index is 495. The molecule has 0 fully saturated rings. The molecule has 124 valence electrons. The van der Waals surface area contributed by atoms with Crippen molar-refractivity contribution < 1.29 is 14.6 Å². The van der Waals surface area contributed by atoms with Crippen LogP contribution in [0.3, 0.4) is 0 Å². The van der Waals surface area contributed by atoms with Crippen LogP contribution >= 0.6 is 0 Å². The summed E-state index contributed by atoms with van der Waals surface area (Å²) in [7, 11) is 1.61. The molecule has 1 aromatic carbocycles. The normalized spacial score (nSPS) is 12.6. The van der Waals surface area contributed by atoms with Crippen molar-refractivity contribution in [1.82, 2.24) is 10.6 Å². The first-order chi connectivity index (χ1) is 10.2. The molecule has 5 heteroatoms. The third-order valence-corrected chi connectivity index (χ3v) is 3.30. The van der Waals surface area contributed by atoms with Crippen LogP contribution in [-0.4, -0.2) is 30.9 Å². The third kappa shape index (κ3) is 6.35. The summed E-state index contributed by atoms with van der Waals surface area (Å²) in [4.78, 5) is 12.0. The Morgan fingerprint density at radius 3 is 2.59 bits per heavy atom. The molecule has 1 aromatic rings. The highest BCUT2D eigenvalue weighted by Crippen LogP contribution is 2.21. The van der Waals surface area contributed by atoms with Crippen LogP contribution in [0.1, 0.15) is 38.3 Å². The number of benzene rings is 1. The van der Waals surface area contributed by atoms with E-state index in [-0.39, 0.29) is 24.1 Å². The van der Waals surface area contributed by atoms with E-state index in [2.05, 4.69) is 31.4 Å². The lowest BCUT2D eigenvalue weighted by molar-refractivity contribution is 0.190. The Hall–Kier alpha value is -1.75. The number of ether oxygens (including phenoxy) is 1. The number of carbonyl (C=O) groups is 1. The Morgan fingerprint density at radius 1 is 1.36 bits per heavy atom. The molecular formula is C17H28N2O3. The van der Waals surface area contributed by atoms with Gasteiger partial charge in [-0.3, -0.25) is 0 Å². The van der Waals surface area contributed by atoms with Gasteiger partial charge in [0.1, 0.15) is 5.75 Å². The molecule has 0 heterocycles. The zero-order chi connectivity index (χ0) is 16.8. The molecule has 0 aliphatic rings. The van der Waals surface area contributed by atoms with Gasteiger partial charge in [-0.25, -0.2) is 4.79 Å². The quantitative estimate of drug-likeness (QED) is 0.756. The minimum Gasteiger partial charge on any atom is -0.496 e. The molecule has 0 saturated carbocycles. The monoisotopic (exact) mass is 308 g/mol. The van der Waals surface area contributed by atoms with Gasteiger partial charge in [0.05, 0.1) is 19.8 Å². The summed E-state index contributed by atoms with van der Waals surface area (Å²) in [5.41, 5.74) is 2.07. The molecule has 22 heavy (non-hydrogen) atoms. The summed E-state index contributed by atoms with van der Waals surface area (Å²) in [6, 6.07) is 5.32. The number of amides is 2. The predicted molar refractivity (Wildman–Crippen MR) is 88.0 cm³/mol. The fraction of sp³-hybridized carbons (Fsp3) is 0.588. The van der Waals surface area contributed by atoms with Gasteiger partial charge in [0, 0.05) is 12.1 Å². The van der Waals surface area contributed by atoms with E-state index in [9.17, 15) is 9.90 Å². The van der Waals surface area contributed by atoms with Gasteiger partial charge in [-0.2, -0.15) is 0 Å². The third-order valence-electron chi connectivity index (χ3n) is 3.30. The molecule has 0 aliphatic carbocycles. The van der Waals surface area contributed by atoms with E-state index < -0.39 is 0 Å². The van der Waals surface area contributed by atoms with Crippen LogP contribution in [0.4, 0.5) is 4.79 Å². The van der Waals surface area contributed by atoms with Crippen molar-refractivity contribution in [2.24, 2.45) is 5.41 Å². The first-order valence-electron chi connectivity index (χ1n) is 7.54. The number of nitrogens with one attached hydrogen (secondary N) is 2. The highest BCUT2D eigenvalue weighted by Gasteiger charge is 2.19. The number of aryl methyl sites for hydroxylation is 1. The number of hydrogen-bond acceptors (Lipinski definition) is 3. The Balaban J connectivity index is 2.55. The van der Waals surface area contributed by atoms with Crippen LogP contribution in [0.15, 0.2) is 18.2 Å². The zero-order valence-electron chi connectivity index (χ0n) is 14.2. The van der Waals surface area contributed by atoms with Crippen LogP contribution < -0.4 is 15.4 Å². The molecule has 0 aromatic heterocycles. The summed E-state index contributed by atoms with van der Waals surface area (Å²) < 4.78 is 5.31. The fourth-order valence-corrected chi connectivity index (χ4v) is 2.31. The van der Waals surface area contributed by atoms with Gasteiger partial charge in [-0.05, 0) is 30.4 Å². The summed E-state index contributed by atoms with van der Waals surface area (Å²) in [5, 5.41) is 15.0. The number of methoxy groups -OCH3 is 1. The highest BCUT2D eigenvalue weighted by atomic mass is 16.5. The molecule has 1 atom stereocenters. The van der Waals surface area contributed by atoms with Crippen molar-refractivity contribution in [2.75, 3.05) is 13.7 Å². The zero-order valence-corrected chi connectivity index (χ0v) is 14.2. The summed E-state index contributed by atoms with van der Waals surface area (Å²) >= 11 is 0. The second-order valence-corrected chi connectivity index (χ2v) is 6.79. The number of hydrogen-bond donors (Lipinski definition) is 3. The van der Waals surface area contributed by atoms with E-state index in [4.69, 9.17) is 4.74 Å². The van der Waals surface area contributed by atoms with Gasteiger partial charge in [-0.15, -0.1) is 0 Å². The van der Waals surface area contributed by atoms with E-state index in [1.807, 2.05) is 25.1 Å². The summed E-state index contributed by atoms with van der Waals surface area (Å²) in [6.45, 7) is 8.53. The number of urea groups is 1. The van der Waals surface area contributed by atoms with Gasteiger partial charge in [0.2, 0.25) is 0 Å². The Morgan fingerprint density at radius 2 is 2.05 bits per heavy atom. The van der Waals surface area contributed by atoms with E-state index in [1.165, 1.54) is 0 Å². The predicted octanol–water partition coefficient (Wildman–Crippen LogP) is 2.60. The fourth-order valence-electron chi connectivity index (χ4n) is 2.31. The van der Waals surface area contributed by atoms with Crippen molar-refractivity contribution in [3.05, 3.63) is 29.3 Å². The van der Waals surface area contributed by atoms with E-state index in [0.29, 0.717) is 13.0 Å². The Kier molecular flexibility index (Phi) is 6.68. The average molecular weight is 308 g/mol. The second-order valence-electron chi connectivity index (χ2n) is 6.79. The van der Waals surface area contributed by atoms with Gasteiger partial charge >= 0.3 is 6.03 Å². The smallest absolute Gasteiger partial charge is 0.315 e. The molecule has 0 bridgehead atoms. The number of rotatable bonds is 6. The van der Waals surface area contributed by atoms with E-state index >= 15 is 0 Å². The maximum atomic E-state index is 12.0. The highest BCUT2D eigenvalue weighted by molar-refractivity contribution is 5.74. The molecule has 3 N–H and O–H groups in total. The molecule has 0 spiro atoms. The van der Waals surface area contributed by atoms with Gasteiger partial charge in [0.25, 0.3) is 0 Å². The first-order valence-corrected chi connectivity index (χ1v) is 7.54. The maximum absolute atomic E-state index is 12.0. The largest absolute Gasteiger partial charge is 0.496 e. The number of carbonyl (C=O) groups excluding carboxylic acids is 1. The standard InChI is InChI=1S/C17H28N2O3/c1-12-6-7-13(15(8-12)22-5)10-18-16(21)19-14(11-20)9-17(2,3)4/h6-8,14,20H,9-11H2,1-5H3,(H2,18,19,21). The maximum Gasteiger partial charge on any atom is 0.315 e. The van der Waals surface area contributed by atoms with Crippen molar-refractivity contribution in [3.63, 3.8) is 0 Å². The summed E-state index contributed by atoms with van der Waals surface area (Å²) in [6.07, 6.45) is 0.713. The summed E-state index contributed by atoms with van der Waals surface area (Å²) in [5.74, 6) is 0.758. The van der Waals surface area contributed by atoms with E-state index in [1.54, 1.807) is 7.11 Å². The molecule has 1 unspecified atom stereocenters. The molecule has 0 radical (unpaired) electrons. The minimum absolute atomic E-state index is 0.0425. The van der Waals surface area contributed by atoms with Gasteiger partial charge in [-0.1, -0.05) is 32.9 Å².